The van der Waals surface area contributed by atoms with E-state index in [1.807, 2.05) is 26.0 Å². The second-order valence-electron chi connectivity index (χ2n) is 6.25. The van der Waals surface area contributed by atoms with Crippen LogP contribution in [0.5, 0.6) is 0 Å². The predicted octanol–water partition coefficient (Wildman–Crippen LogP) is 2.74. The molecule has 0 aliphatic carbocycles. The van der Waals surface area contributed by atoms with Crippen LogP contribution in [0, 0.1) is 13.8 Å². The van der Waals surface area contributed by atoms with Crippen molar-refractivity contribution in [2.75, 3.05) is 25.5 Å². The number of nitrogens with one attached hydrogen (secondary N) is 1. The molecule has 0 saturated carbocycles. The lowest BCUT2D eigenvalue weighted by atomic mass is 9.95. The molecule has 3 heterocycles. The number of likely N-dealkylation sites (tertiary alicyclic amines) is 1. The number of aryl methyl sites for hydroxylation is 2. The number of pyridine rings is 1. The van der Waals surface area contributed by atoms with Gasteiger partial charge in [0.2, 0.25) is 5.95 Å². The highest BCUT2D eigenvalue weighted by Crippen LogP contribution is 2.26. The molecule has 1 unspecified atom stereocenters. The Kier molecular flexibility index (Phi) is 6.82. The van der Waals surface area contributed by atoms with E-state index in [4.69, 9.17) is 14.9 Å². The molecular formula is C18H25N5O2. The van der Waals surface area contributed by atoms with Crippen LogP contribution in [-0.2, 0) is 4.79 Å². The minimum Gasteiger partial charge on any atom is -0.483 e. The van der Waals surface area contributed by atoms with Crippen molar-refractivity contribution in [1.29, 1.82) is 0 Å². The molecule has 0 spiro atoms. The van der Waals surface area contributed by atoms with Crippen molar-refractivity contribution in [2.45, 2.75) is 32.6 Å². The summed E-state index contributed by atoms with van der Waals surface area (Å²) in [5, 5.41) is 10.1. The van der Waals surface area contributed by atoms with Gasteiger partial charge in [0.15, 0.2) is 0 Å². The number of carbonyl (C=O) groups is 1. The van der Waals surface area contributed by atoms with Gasteiger partial charge >= 0.3 is 0 Å². The molecule has 2 aromatic rings. The highest BCUT2D eigenvalue weighted by Gasteiger charge is 2.20. The summed E-state index contributed by atoms with van der Waals surface area (Å²) in [5.41, 5.74) is 3.07. The Bertz CT molecular complexity index is 687. The van der Waals surface area contributed by atoms with Crippen molar-refractivity contribution in [3.63, 3.8) is 0 Å². The molecule has 3 rings (SSSR count). The highest BCUT2D eigenvalue weighted by molar-refractivity contribution is 5.48. The van der Waals surface area contributed by atoms with Gasteiger partial charge in [-0.15, -0.1) is 0 Å². The lowest BCUT2D eigenvalue weighted by molar-refractivity contribution is -0.122. The second-order valence-corrected chi connectivity index (χ2v) is 6.25. The second kappa shape index (κ2) is 9.08. The minimum absolute atomic E-state index is 0.250. The summed E-state index contributed by atoms with van der Waals surface area (Å²) in [5.74, 6) is 1.94. The number of likely N-dealkylation sites (N-methyl/N-ethyl adjacent to an activating group) is 1. The van der Waals surface area contributed by atoms with Crippen LogP contribution in [0.1, 0.15) is 35.8 Å². The number of hydrogen-bond donors (Lipinski definition) is 2. The van der Waals surface area contributed by atoms with E-state index in [2.05, 4.69) is 39.4 Å². The third-order valence-corrected chi connectivity index (χ3v) is 4.04. The predicted molar refractivity (Wildman–Crippen MR) is 97.2 cm³/mol. The number of hydrogen-bond acceptors (Lipinski definition) is 6. The van der Waals surface area contributed by atoms with Crippen LogP contribution in [0.4, 0.5) is 11.8 Å². The van der Waals surface area contributed by atoms with Crippen LogP contribution < -0.4 is 5.32 Å². The van der Waals surface area contributed by atoms with Crippen LogP contribution in [0.15, 0.2) is 24.3 Å². The smallest absolute Gasteiger partial charge is 0.290 e. The Hall–Kier alpha value is -2.54. The maximum Gasteiger partial charge on any atom is 0.290 e. The largest absolute Gasteiger partial charge is 0.483 e. The zero-order chi connectivity index (χ0) is 18.2. The topological polar surface area (TPSA) is 91.2 Å². The maximum absolute atomic E-state index is 8.36. The van der Waals surface area contributed by atoms with E-state index in [9.17, 15) is 0 Å². The summed E-state index contributed by atoms with van der Waals surface area (Å²) in [6, 6.07) is 8.11. The molecule has 1 saturated heterocycles. The molecule has 0 radical (unpaired) electrons. The van der Waals surface area contributed by atoms with Crippen molar-refractivity contribution in [2.24, 2.45) is 0 Å². The Morgan fingerprint density at radius 3 is 2.56 bits per heavy atom. The molecule has 1 aliphatic rings. The fraction of sp³-hybridized carbons (Fsp3) is 0.444. The minimum atomic E-state index is -0.250. The molecule has 134 valence electrons. The molecule has 2 aromatic heterocycles. The monoisotopic (exact) mass is 343 g/mol. The summed E-state index contributed by atoms with van der Waals surface area (Å²) in [4.78, 5) is 24.3. The van der Waals surface area contributed by atoms with E-state index >= 15 is 0 Å². The highest BCUT2D eigenvalue weighted by atomic mass is 16.3. The number of piperidine rings is 1. The molecular weight excluding hydrogens is 318 g/mol. The molecule has 25 heavy (non-hydrogen) atoms. The molecule has 7 heteroatoms. The molecule has 1 fully saturated rings. The Labute approximate surface area is 148 Å². The van der Waals surface area contributed by atoms with Gasteiger partial charge in [-0.2, -0.15) is 0 Å². The Balaban J connectivity index is 0.000000701. The van der Waals surface area contributed by atoms with Gasteiger partial charge < -0.3 is 15.3 Å². The normalized spacial score (nSPS) is 17.3. The van der Waals surface area contributed by atoms with Gasteiger partial charge in [-0.05, 0) is 58.5 Å². The Morgan fingerprint density at radius 2 is 1.92 bits per heavy atom. The summed E-state index contributed by atoms with van der Waals surface area (Å²) in [7, 11) is 2.18. The van der Waals surface area contributed by atoms with Gasteiger partial charge in [0.1, 0.15) is 5.82 Å². The van der Waals surface area contributed by atoms with Crippen molar-refractivity contribution >= 4 is 18.2 Å². The zero-order valence-corrected chi connectivity index (χ0v) is 14.9. The van der Waals surface area contributed by atoms with E-state index < -0.39 is 0 Å². The zero-order valence-electron chi connectivity index (χ0n) is 14.9. The first-order valence-electron chi connectivity index (χ1n) is 8.34. The number of nitrogens with zero attached hydrogens (tertiary/aromatic N) is 4. The summed E-state index contributed by atoms with van der Waals surface area (Å²) in [6.07, 6.45) is 2.45. The quantitative estimate of drug-likeness (QED) is 0.828. The molecule has 2 N–H and O–H groups in total. The van der Waals surface area contributed by atoms with Gasteiger partial charge in [-0.1, -0.05) is 6.07 Å². The fourth-order valence-corrected chi connectivity index (χ4v) is 3.05. The summed E-state index contributed by atoms with van der Waals surface area (Å²) < 4.78 is 0. The van der Waals surface area contributed by atoms with E-state index in [0.717, 1.165) is 29.4 Å². The van der Waals surface area contributed by atoms with Crippen LogP contribution in [-0.4, -0.2) is 51.6 Å². The van der Waals surface area contributed by atoms with Crippen molar-refractivity contribution < 1.29 is 9.90 Å². The lowest BCUT2D eigenvalue weighted by Gasteiger charge is -2.29. The first-order valence-corrected chi connectivity index (χ1v) is 8.34. The number of rotatable bonds is 3. The van der Waals surface area contributed by atoms with Crippen LogP contribution in [0.2, 0.25) is 0 Å². The summed E-state index contributed by atoms with van der Waals surface area (Å²) >= 11 is 0. The average Bonchev–Trinajstić information content (AvgIpc) is 2.55. The van der Waals surface area contributed by atoms with Gasteiger partial charge in [0.05, 0.1) is 0 Å². The third-order valence-electron chi connectivity index (χ3n) is 4.04. The summed E-state index contributed by atoms with van der Waals surface area (Å²) in [6.45, 7) is 5.96. The number of anilines is 2. The molecule has 1 aliphatic heterocycles. The number of carboxylic acid groups (broad SMARTS) is 1. The van der Waals surface area contributed by atoms with E-state index in [1.165, 1.54) is 19.4 Å². The standard InChI is InChI=1S/C17H23N5.CH2O2/c1-12-10-13(2)19-17(18-12)21-16-8-4-7-15(20-16)14-6-5-9-22(3)11-14;2-1-3/h4,7-8,10,14H,5-6,9,11H2,1-3H3,(H,18,19,20,21);1H,(H,2,3). The van der Waals surface area contributed by atoms with Crippen molar-refractivity contribution in [3.05, 3.63) is 41.3 Å². The molecule has 0 aromatic carbocycles. The van der Waals surface area contributed by atoms with Gasteiger partial charge in [0.25, 0.3) is 6.47 Å². The first-order chi connectivity index (χ1) is 12.0. The van der Waals surface area contributed by atoms with Gasteiger partial charge in [-0.3, -0.25) is 4.79 Å². The maximum atomic E-state index is 8.36. The Morgan fingerprint density at radius 1 is 1.24 bits per heavy atom. The fourth-order valence-electron chi connectivity index (χ4n) is 3.05. The SMILES string of the molecule is Cc1cc(C)nc(Nc2cccc(C3CCCN(C)C3)n2)n1.O=CO. The van der Waals surface area contributed by atoms with Crippen LogP contribution in [0.25, 0.3) is 0 Å². The molecule has 1 atom stereocenters. The van der Waals surface area contributed by atoms with E-state index in [1.54, 1.807) is 0 Å². The van der Waals surface area contributed by atoms with Crippen LogP contribution >= 0.6 is 0 Å². The average molecular weight is 343 g/mol. The van der Waals surface area contributed by atoms with Gasteiger partial charge in [0, 0.05) is 29.5 Å². The van der Waals surface area contributed by atoms with E-state index in [0.29, 0.717) is 11.9 Å². The molecule has 0 bridgehead atoms. The third kappa shape index (κ3) is 5.79. The van der Waals surface area contributed by atoms with Crippen molar-refractivity contribution in [3.8, 4) is 0 Å². The van der Waals surface area contributed by atoms with Crippen molar-refractivity contribution in [1.82, 2.24) is 19.9 Å². The first kappa shape index (κ1) is 18.8. The molecule has 7 nitrogen and oxygen atoms in total. The molecule has 0 amide bonds. The van der Waals surface area contributed by atoms with Crippen LogP contribution in [0.3, 0.4) is 0 Å². The number of aromatic nitrogens is 3. The van der Waals surface area contributed by atoms with E-state index in [-0.39, 0.29) is 6.47 Å². The van der Waals surface area contributed by atoms with Gasteiger partial charge in [-0.25, -0.2) is 15.0 Å². The lowest BCUT2D eigenvalue weighted by Crippen LogP contribution is -2.31.